The standard InChI is InChI=1S/C19H23NO.C2H6/c1-4-14-9-12(2)20-18-6-5-15(10-16(14)18)19-7-8-21-11-17(19)13(19)3;1-2/h5-6,9-10,13,17H,4,7-8,11H2,1-3H3;1-2H3. The van der Waals surface area contributed by atoms with Crippen molar-refractivity contribution in [1.82, 2.24) is 4.98 Å². The summed E-state index contributed by atoms with van der Waals surface area (Å²) in [6.45, 7) is 12.5. The SMILES string of the molecule is CC.CCc1cc(C)nc2ccc(C34CCOCC3C4C)cc12. The van der Waals surface area contributed by atoms with Crippen LogP contribution in [0.25, 0.3) is 10.9 Å². The van der Waals surface area contributed by atoms with E-state index in [0.29, 0.717) is 11.3 Å². The third-order valence-electron chi connectivity index (χ3n) is 5.87. The molecule has 2 aromatic rings. The lowest BCUT2D eigenvalue weighted by atomic mass is 9.86. The van der Waals surface area contributed by atoms with E-state index in [1.807, 2.05) is 13.8 Å². The summed E-state index contributed by atoms with van der Waals surface area (Å²) >= 11 is 0. The van der Waals surface area contributed by atoms with E-state index < -0.39 is 0 Å². The smallest absolute Gasteiger partial charge is 0.0708 e. The zero-order valence-electron chi connectivity index (χ0n) is 15.1. The largest absolute Gasteiger partial charge is 0.381 e. The van der Waals surface area contributed by atoms with Crippen molar-refractivity contribution in [2.75, 3.05) is 13.2 Å². The van der Waals surface area contributed by atoms with Gasteiger partial charge in [-0.25, -0.2) is 0 Å². The summed E-state index contributed by atoms with van der Waals surface area (Å²) in [6.07, 6.45) is 2.24. The van der Waals surface area contributed by atoms with E-state index in [1.165, 1.54) is 22.9 Å². The lowest BCUT2D eigenvalue weighted by molar-refractivity contribution is 0.0801. The van der Waals surface area contributed by atoms with Gasteiger partial charge in [0.1, 0.15) is 0 Å². The van der Waals surface area contributed by atoms with E-state index in [1.54, 1.807) is 0 Å². The van der Waals surface area contributed by atoms with Gasteiger partial charge in [-0.05, 0) is 60.9 Å². The van der Waals surface area contributed by atoms with Gasteiger partial charge in [-0.15, -0.1) is 0 Å². The Labute approximate surface area is 140 Å². The molecule has 0 radical (unpaired) electrons. The molecule has 0 bridgehead atoms. The predicted molar refractivity (Wildman–Crippen MR) is 97.0 cm³/mol. The van der Waals surface area contributed by atoms with Crippen LogP contribution < -0.4 is 0 Å². The van der Waals surface area contributed by atoms with Gasteiger partial charge in [0, 0.05) is 23.1 Å². The number of pyridine rings is 1. The highest BCUT2D eigenvalue weighted by atomic mass is 16.5. The average molecular weight is 311 g/mol. The Bertz CT molecular complexity index is 708. The number of benzene rings is 1. The van der Waals surface area contributed by atoms with Gasteiger partial charge in [-0.3, -0.25) is 4.98 Å². The second-order valence-electron chi connectivity index (χ2n) is 6.77. The van der Waals surface area contributed by atoms with Gasteiger partial charge in [0.25, 0.3) is 0 Å². The lowest BCUT2D eigenvalue weighted by Gasteiger charge is -2.23. The molecule has 0 N–H and O–H groups in total. The van der Waals surface area contributed by atoms with Gasteiger partial charge in [0.15, 0.2) is 0 Å². The van der Waals surface area contributed by atoms with Crippen LogP contribution in [0.2, 0.25) is 0 Å². The Morgan fingerprint density at radius 2 is 2.04 bits per heavy atom. The number of aromatic nitrogens is 1. The molecule has 0 amide bonds. The molecule has 1 saturated carbocycles. The van der Waals surface area contributed by atoms with Crippen molar-refractivity contribution in [1.29, 1.82) is 0 Å². The van der Waals surface area contributed by atoms with E-state index in [0.717, 1.165) is 36.8 Å². The second kappa shape index (κ2) is 6.24. The van der Waals surface area contributed by atoms with Crippen molar-refractivity contribution < 1.29 is 4.74 Å². The fourth-order valence-corrected chi connectivity index (χ4v) is 4.53. The molecular weight excluding hydrogens is 282 g/mol. The quantitative estimate of drug-likeness (QED) is 0.773. The number of ether oxygens (including phenoxy) is 1. The fraction of sp³-hybridized carbons (Fsp3) is 0.571. The number of rotatable bonds is 2. The number of hydrogen-bond acceptors (Lipinski definition) is 2. The monoisotopic (exact) mass is 311 g/mol. The Kier molecular flexibility index (Phi) is 4.46. The number of hydrogen-bond donors (Lipinski definition) is 0. The number of nitrogens with zero attached hydrogens (tertiary/aromatic N) is 1. The average Bonchev–Trinajstić information content (AvgIpc) is 3.22. The molecule has 23 heavy (non-hydrogen) atoms. The molecule has 2 aliphatic rings. The van der Waals surface area contributed by atoms with Crippen molar-refractivity contribution in [2.45, 2.75) is 52.9 Å². The Hall–Kier alpha value is -1.41. The van der Waals surface area contributed by atoms with E-state index in [-0.39, 0.29) is 0 Å². The molecule has 3 unspecified atom stereocenters. The van der Waals surface area contributed by atoms with Crippen molar-refractivity contribution in [3.05, 3.63) is 41.1 Å². The van der Waals surface area contributed by atoms with Gasteiger partial charge in [0.2, 0.25) is 0 Å². The first-order chi connectivity index (χ1) is 11.2. The highest BCUT2D eigenvalue weighted by Gasteiger charge is 2.63. The van der Waals surface area contributed by atoms with Crippen LogP contribution >= 0.6 is 0 Å². The number of fused-ring (bicyclic) bond motifs is 2. The van der Waals surface area contributed by atoms with Crippen LogP contribution in [0.4, 0.5) is 0 Å². The van der Waals surface area contributed by atoms with Crippen LogP contribution in [0, 0.1) is 18.8 Å². The van der Waals surface area contributed by atoms with Crippen LogP contribution in [0.5, 0.6) is 0 Å². The van der Waals surface area contributed by atoms with Crippen molar-refractivity contribution in [3.63, 3.8) is 0 Å². The summed E-state index contributed by atoms with van der Waals surface area (Å²) in [6, 6.07) is 9.20. The van der Waals surface area contributed by atoms with E-state index in [2.05, 4.69) is 45.0 Å². The highest BCUT2D eigenvalue weighted by Crippen LogP contribution is 2.63. The molecule has 3 atom stereocenters. The van der Waals surface area contributed by atoms with Crippen LogP contribution in [-0.4, -0.2) is 18.2 Å². The third kappa shape index (κ3) is 2.48. The molecule has 0 spiro atoms. The summed E-state index contributed by atoms with van der Waals surface area (Å²) in [5.41, 5.74) is 5.57. The van der Waals surface area contributed by atoms with Crippen molar-refractivity contribution in [3.8, 4) is 0 Å². The van der Waals surface area contributed by atoms with Crippen molar-refractivity contribution in [2.24, 2.45) is 11.8 Å². The maximum absolute atomic E-state index is 5.68. The normalized spacial score (nSPS) is 28.7. The first kappa shape index (κ1) is 16.4. The molecule has 1 aromatic heterocycles. The van der Waals surface area contributed by atoms with Crippen LogP contribution in [-0.2, 0) is 16.6 Å². The highest BCUT2D eigenvalue weighted by molar-refractivity contribution is 5.83. The molecular formula is C21H29NO. The lowest BCUT2D eigenvalue weighted by Crippen LogP contribution is -2.22. The second-order valence-corrected chi connectivity index (χ2v) is 6.77. The fourth-order valence-electron chi connectivity index (χ4n) is 4.53. The van der Waals surface area contributed by atoms with Crippen molar-refractivity contribution >= 4 is 10.9 Å². The van der Waals surface area contributed by atoms with E-state index >= 15 is 0 Å². The minimum Gasteiger partial charge on any atom is -0.381 e. The summed E-state index contributed by atoms with van der Waals surface area (Å²) in [5, 5.41) is 1.35. The predicted octanol–water partition coefficient (Wildman–Crippen LogP) is 5.06. The minimum atomic E-state index is 0.377. The number of aryl methyl sites for hydroxylation is 2. The van der Waals surface area contributed by atoms with Gasteiger partial charge >= 0.3 is 0 Å². The van der Waals surface area contributed by atoms with E-state index in [4.69, 9.17) is 9.72 Å². The molecule has 1 aliphatic carbocycles. The molecule has 2 heterocycles. The van der Waals surface area contributed by atoms with Crippen LogP contribution in [0.3, 0.4) is 0 Å². The minimum absolute atomic E-state index is 0.377. The zero-order chi connectivity index (χ0) is 16.6. The maximum Gasteiger partial charge on any atom is 0.0708 e. The Morgan fingerprint density at radius 1 is 1.26 bits per heavy atom. The molecule has 4 rings (SSSR count). The molecule has 1 aromatic carbocycles. The molecule has 1 aliphatic heterocycles. The topological polar surface area (TPSA) is 22.1 Å². The third-order valence-corrected chi connectivity index (χ3v) is 5.87. The Morgan fingerprint density at radius 3 is 2.74 bits per heavy atom. The first-order valence-electron chi connectivity index (χ1n) is 9.15. The molecule has 2 fully saturated rings. The summed E-state index contributed by atoms with van der Waals surface area (Å²) in [5.74, 6) is 1.47. The van der Waals surface area contributed by atoms with Gasteiger partial charge in [-0.1, -0.05) is 33.8 Å². The van der Waals surface area contributed by atoms with Gasteiger partial charge in [0.05, 0.1) is 12.1 Å². The van der Waals surface area contributed by atoms with E-state index in [9.17, 15) is 0 Å². The first-order valence-corrected chi connectivity index (χ1v) is 9.15. The molecule has 124 valence electrons. The Balaban J connectivity index is 0.000000753. The maximum atomic E-state index is 5.68. The van der Waals surface area contributed by atoms with Gasteiger partial charge < -0.3 is 4.74 Å². The molecule has 1 saturated heterocycles. The summed E-state index contributed by atoms with van der Waals surface area (Å²) in [4.78, 5) is 4.70. The summed E-state index contributed by atoms with van der Waals surface area (Å²) < 4.78 is 5.68. The molecule has 2 heteroatoms. The van der Waals surface area contributed by atoms with Gasteiger partial charge in [-0.2, -0.15) is 0 Å². The molecule has 2 nitrogen and oxygen atoms in total. The van der Waals surface area contributed by atoms with Crippen LogP contribution in [0.15, 0.2) is 24.3 Å². The summed E-state index contributed by atoms with van der Waals surface area (Å²) in [7, 11) is 0. The zero-order valence-corrected chi connectivity index (χ0v) is 15.1. The van der Waals surface area contributed by atoms with Crippen LogP contribution in [0.1, 0.15) is 50.9 Å².